The van der Waals surface area contributed by atoms with Crippen LogP contribution >= 0.6 is 34.8 Å². The highest BCUT2D eigenvalue weighted by Gasteiger charge is 2.07. The fraction of sp³-hybridized carbons (Fsp3) is 0.182. The Kier molecular flexibility index (Phi) is 4.22. The first-order valence-electron chi connectivity index (χ1n) is 5.11. The number of nitrogens with two attached hydrogens (primary N) is 1. The van der Waals surface area contributed by atoms with Gasteiger partial charge < -0.3 is 10.5 Å². The lowest BCUT2D eigenvalue weighted by Crippen LogP contribution is -2.08. The van der Waals surface area contributed by atoms with Crippen molar-refractivity contribution in [2.75, 3.05) is 12.3 Å². The van der Waals surface area contributed by atoms with Crippen LogP contribution in [0.2, 0.25) is 15.1 Å². The second-order valence-corrected chi connectivity index (χ2v) is 4.80. The molecule has 2 N–H and O–H groups in total. The molecule has 0 amide bonds. The van der Waals surface area contributed by atoms with E-state index in [0.717, 1.165) is 0 Å². The van der Waals surface area contributed by atoms with Crippen molar-refractivity contribution in [3.8, 4) is 5.75 Å². The molecule has 2 rings (SSSR count). The number of ether oxygens (including phenoxy) is 1. The Morgan fingerprint density at radius 3 is 2.56 bits per heavy atom. The molecule has 0 aliphatic heterocycles. The summed E-state index contributed by atoms with van der Waals surface area (Å²) in [6.07, 6.45) is 3.30. The smallest absolute Gasteiger partial charge is 0.139 e. The number of halogens is 3. The molecule has 0 aliphatic rings. The van der Waals surface area contributed by atoms with Gasteiger partial charge in [-0.25, -0.2) is 0 Å². The molecule has 0 saturated heterocycles. The average molecular weight is 307 g/mol. The lowest BCUT2D eigenvalue weighted by Gasteiger charge is -2.09. The number of nitrogen functional groups attached to an aromatic ring is 1. The highest BCUT2D eigenvalue weighted by Crippen LogP contribution is 2.33. The maximum Gasteiger partial charge on any atom is 0.139 e. The molecule has 0 radical (unpaired) electrons. The van der Waals surface area contributed by atoms with E-state index in [1.807, 2.05) is 0 Å². The number of aromatic nitrogens is 2. The summed E-state index contributed by atoms with van der Waals surface area (Å²) in [6.45, 7) is 0.965. The Hall–Kier alpha value is -1.10. The van der Waals surface area contributed by atoms with Crippen molar-refractivity contribution in [3.63, 3.8) is 0 Å². The Morgan fingerprint density at radius 1 is 1.17 bits per heavy atom. The molecule has 2 aromatic rings. The summed E-state index contributed by atoms with van der Waals surface area (Å²) in [5, 5.41) is 5.25. The van der Waals surface area contributed by atoms with Gasteiger partial charge in [0.2, 0.25) is 0 Å². The summed E-state index contributed by atoms with van der Waals surface area (Å²) < 4.78 is 7.19. The molecule has 0 bridgehead atoms. The van der Waals surface area contributed by atoms with E-state index in [0.29, 0.717) is 39.7 Å². The van der Waals surface area contributed by atoms with Crippen LogP contribution in [0.4, 0.5) is 5.69 Å². The maximum atomic E-state index is 5.98. The van der Waals surface area contributed by atoms with Gasteiger partial charge in [-0.05, 0) is 6.07 Å². The summed E-state index contributed by atoms with van der Waals surface area (Å²) in [4.78, 5) is 0. The van der Waals surface area contributed by atoms with Crippen molar-refractivity contribution in [2.45, 2.75) is 6.54 Å². The first-order valence-corrected chi connectivity index (χ1v) is 6.25. The van der Waals surface area contributed by atoms with Crippen LogP contribution in [0.1, 0.15) is 0 Å². The zero-order valence-electron chi connectivity index (χ0n) is 9.24. The first-order chi connectivity index (χ1) is 8.56. The normalized spacial score (nSPS) is 10.6. The van der Waals surface area contributed by atoms with E-state index in [-0.39, 0.29) is 0 Å². The molecule has 1 heterocycles. The molecule has 0 unspecified atom stereocenters. The number of hydrogen-bond acceptors (Lipinski definition) is 3. The Morgan fingerprint density at radius 2 is 1.89 bits per heavy atom. The fourth-order valence-electron chi connectivity index (χ4n) is 1.37. The third-order valence-electron chi connectivity index (χ3n) is 2.21. The summed E-state index contributed by atoms with van der Waals surface area (Å²) in [6, 6.07) is 3.14. The summed E-state index contributed by atoms with van der Waals surface area (Å²) in [7, 11) is 0. The molecule has 0 aliphatic carbocycles. The van der Waals surface area contributed by atoms with Gasteiger partial charge in [-0.15, -0.1) is 0 Å². The summed E-state index contributed by atoms with van der Waals surface area (Å²) >= 11 is 17.7. The highest BCUT2D eigenvalue weighted by atomic mass is 35.5. The maximum absolute atomic E-state index is 5.98. The van der Waals surface area contributed by atoms with Gasteiger partial charge in [0.1, 0.15) is 12.4 Å². The monoisotopic (exact) mass is 305 g/mol. The molecular formula is C11H10Cl3N3O. The third-order valence-corrected chi connectivity index (χ3v) is 3.22. The second-order valence-electron chi connectivity index (χ2n) is 3.58. The quantitative estimate of drug-likeness (QED) is 0.880. The van der Waals surface area contributed by atoms with Gasteiger partial charge in [-0.3, -0.25) is 4.68 Å². The Balaban J connectivity index is 1.96. The van der Waals surface area contributed by atoms with Crippen LogP contribution < -0.4 is 10.5 Å². The summed E-state index contributed by atoms with van der Waals surface area (Å²) in [5.41, 5.74) is 6.16. The zero-order valence-corrected chi connectivity index (χ0v) is 11.5. The van der Waals surface area contributed by atoms with E-state index in [1.54, 1.807) is 29.2 Å². The molecule has 1 aromatic carbocycles. The van der Waals surface area contributed by atoms with Crippen molar-refractivity contribution in [1.82, 2.24) is 9.78 Å². The minimum atomic E-state index is 0.397. The molecule has 0 fully saturated rings. The fourth-order valence-corrected chi connectivity index (χ4v) is 1.96. The second kappa shape index (κ2) is 5.69. The standard InChI is InChI=1S/C11H10Cl3N3O/c12-8-3-10(14)11(4-9(8)13)18-2-1-17-6-7(15)5-16-17/h3-6H,1-2,15H2. The van der Waals surface area contributed by atoms with Crippen molar-refractivity contribution >= 4 is 40.5 Å². The minimum Gasteiger partial charge on any atom is -0.490 e. The van der Waals surface area contributed by atoms with Crippen LogP contribution in [0, 0.1) is 0 Å². The van der Waals surface area contributed by atoms with Gasteiger partial charge in [0.15, 0.2) is 0 Å². The molecular weight excluding hydrogens is 296 g/mol. The SMILES string of the molecule is Nc1cnn(CCOc2cc(Cl)c(Cl)cc2Cl)c1. The lowest BCUT2D eigenvalue weighted by molar-refractivity contribution is 0.291. The van der Waals surface area contributed by atoms with Crippen molar-refractivity contribution in [3.05, 3.63) is 39.6 Å². The van der Waals surface area contributed by atoms with E-state index < -0.39 is 0 Å². The molecule has 1 aromatic heterocycles. The van der Waals surface area contributed by atoms with Crippen LogP contribution in [0.3, 0.4) is 0 Å². The predicted molar refractivity (Wildman–Crippen MR) is 73.6 cm³/mol. The number of benzene rings is 1. The first kappa shape index (κ1) is 13.3. The van der Waals surface area contributed by atoms with Crippen LogP contribution in [-0.4, -0.2) is 16.4 Å². The number of rotatable bonds is 4. The van der Waals surface area contributed by atoms with E-state index in [1.165, 1.54) is 0 Å². The van der Waals surface area contributed by atoms with Crippen LogP contribution in [0.25, 0.3) is 0 Å². The average Bonchev–Trinajstić information content (AvgIpc) is 2.71. The van der Waals surface area contributed by atoms with Crippen LogP contribution in [-0.2, 0) is 6.54 Å². The molecule has 0 saturated carbocycles. The molecule has 0 spiro atoms. The van der Waals surface area contributed by atoms with Gasteiger partial charge in [0, 0.05) is 12.3 Å². The zero-order chi connectivity index (χ0) is 13.1. The molecule has 7 heteroatoms. The lowest BCUT2D eigenvalue weighted by atomic mass is 10.3. The molecule has 96 valence electrons. The topological polar surface area (TPSA) is 53.1 Å². The largest absolute Gasteiger partial charge is 0.490 e. The Labute approximate surface area is 119 Å². The van der Waals surface area contributed by atoms with E-state index in [9.17, 15) is 0 Å². The summed E-state index contributed by atoms with van der Waals surface area (Å²) in [5.74, 6) is 0.492. The van der Waals surface area contributed by atoms with Crippen LogP contribution in [0.5, 0.6) is 5.75 Å². The van der Waals surface area contributed by atoms with Gasteiger partial charge in [-0.1, -0.05) is 34.8 Å². The number of anilines is 1. The Bertz CT molecular complexity index is 556. The van der Waals surface area contributed by atoms with Gasteiger partial charge in [-0.2, -0.15) is 5.10 Å². The number of nitrogens with zero attached hydrogens (tertiary/aromatic N) is 2. The third kappa shape index (κ3) is 3.22. The van der Waals surface area contributed by atoms with Gasteiger partial charge in [0.25, 0.3) is 0 Å². The van der Waals surface area contributed by atoms with Crippen molar-refractivity contribution in [1.29, 1.82) is 0 Å². The highest BCUT2D eigenvalue weighted by molar-refractivity contribution is 6.43. The molecule has 18 heavy (non-hydrogen) atoms. The van der Waals surface area contributed by atoms with Crippen molar-refractivity contribution < 1.29 is 4.74 Å². The van der Waals surface area contributed by atoms with Crippen molar-refractivity contribution in [2.24, 2.45) is 0 Å². The van der Waals surface area contributed by atoms with E-state index in [4.69, 9.17) is 45.3 Å². The van der Waals surface area contributed by atoms with Gasteiger partial charge in [0.05, 0.1) is 33.5 Å². The van der Waals surface area contributed by atoms with Crippen LogP contribution in [0.15, 0.2) is 24.5 Å². The van der Waals surface area contributed by atoms with Gasteiger partial charge >= 0.3 is 0 Å². The van der Waals surface area contributed by atoms with E-state index >= 15 is 0 Å². The number of hydrogen-bond donors (Lipinski definition) is 1. The predicted octanol–water partition coefficient (Wildman–Crippen LogP) is 3.50. The molecule has 4 nitrogen and oxygen atoms in total. The van der Waals surface area contributed by atoms with E-state index in [2.05, 4.69) is 5.10 Å². The molecule has 0 atom stereocenters. The minimum absolute atomic E-state index is 0.397.